The Hall–Kier alpha value is -2.46. The molecule has 4 heteroatoms. The summed E-state index contributed by atoms with van der Waals surface area (Å²) in [6, 6.07) is 8.06. The van der Waals surface area contributed by atoms with Crippen LogP contribution in [0.2, 0.25) is 0 Å². The van der Waals surface area contributed by atoms with Gasteiger partial charge < -0.3 is 20.1 Å². The molecule has 0 aliphatic rings. The summed E-state index contributed by atoms with van der Waals surface area (Å²) >= 11 is 0. The first-order chi connectivity index (χ1) is 10.8. The van der Waals surface area contributed by atoms with Gasteiger partial charge in [-0.3, -0.25) is 0 Å². The molecule has 0 amide bonds. The maximum absolute atomic E-state index is 10.1. The molecule has 0 saturated carbocycles. The molecule has 0 spiro atoms. The van der Waals surface area contributed by atoms with Crippen molar-refractivity contribution in [1.82, 2.24) is 0 Å². The highest BCUT2D eigenvalue weighted by molar-refractivity contribution is 5.49. The van der Waals surface area contributed by atoms with Crippen LogP contribution in [0.15, 0.2) is 42.5 Å². The number of phenolic OH excluding ortho intramolecular Hbond substituents is 2. The standard InChI is InChI=1S/C19H22O4/c1-11(2)18(22)10-17-13(4)7-15(21)9-19(17)23-16-6-12(3)5-14(20)8-16/h5-9,18,20-22H,1,10H2,2-4H3. The number of benzene rings is 2. The minimum absolute atomic E-state index is 0.0861. The van der Waals surface area contributed by atoms with Crippen LogP contribution in [0.4, 0.5) is 0 Å². The summed E-state index contributed by atoms with van der Waals surface area (Å²) < 4.78 is 5.85. The van der Waals surface area contributed by atoms with Crippen molar-refractivity contribution in [3.63, 3.8) is 0 Å². The number of aliphatic hydroxyl groups is 1. The van der Waals surface area contributed by atoms with E-state index in [4.69, 9.17) is 4.74 Å². The zero-order chi connectivity index (χ0) is 17.1. The largest absolute Gasteiger partial charge is 0.508 e. The molecule has 2 aromatic carbocycles. The summed E-state index contributed by atoms with van der Waals surface area (Å²) in [5.41, 5.74) is 3.13. The van der Waals surface area contributed by atoms with E-state index in [-0.39, 0.29) is 11.5 Å². The molecule has 0 radical (unpaired) electrons. The van der Waals surface area contributed by atoms with E-state index in [0.717, 1.165) is 16.7 Å². The molecule has 4 nitrogen and oxygen atoms in total. The number of ether oxygens (including phenoxy) is 1. The summed E-state index contributed by atoms with van der Waals surface area (Å²) in [6.45, 7) is 9.23. The first kappa shape index (κ1) is 16.9. The van der Waals surface area contributed by atoms with Gasteiger partial charge in [-0.1, -0.05) is 12.2 Å². The Morgan fingerprint density at radius 3 is 2.35 bits per heavy atom. The van der Waals surface area contributed by atoms with E-state index in [9.17, 15) is 15.3 Å². The van der Waals surface area contributed by atoms with E-state index in [1.807, 2.05) is 13.8 Å². The van der Waals surface area contributed by atoms with Crippen molar-refractivity contribution >= 4 is 0 Å². The normalized spacial score (nSPS) is 12.0. The first-order valence-electron chi connectivity index (χ1n) is 7.40. The lowest BCUT2D eigenvalue weighted by atomic mass is 9.98. The van der Waals surface area contributed by atoms with Crippen LogP contribution in [0.25, 0.3) is 0 Å². The van der Waals surface area contributed by atoms with Gasteiger partial charge in [0.05, 0.1) is 6.10 Å². The Balaban J connectivity index is 2.41. The average Bonchev–Trinajstić information content (AvgIpc) is 2.41. The predicted molar refractivity (Wildman–Crippen MR) is 90.3 cm³/mol. The molecule has 0 bridgehead atoms. The van der Waals surface area contributed by atoms with Crippen molar-refractivity contribution in [2.24, 2.45) is 0 Å². The second-order valence-electron chi connectivity index (χ2n) is 5.91. The second-order valence-corrected chi connectivity index (χ2v) is 5.91. The molecule has 2 aromatic rings. The number of hydrogen-bond acceptors (Lipinski definition) is 4. The lowest BCUT2D eigenvalue weighted by molar-refractivity contribution is 0.210. The SMILES string of the molecule is C=C(C)C(O)Cc1c(C)cc(O)cc1Oc1cc(C)cc(O)c1. The zero-order valence-corrected chi connectivity index (χ0v) is 13.6. The predicted octanol–water partition coefficient (Wildman–Crippen LogP) is 3.99. The maximum Gasteiger partial charge on any atom is 0.134 e. The van der Waals surface area contributed by atoms with Crippen LogP contribution < -0.4 is 4.74 Å². The van der Waals surface area contributed by atoms with Gasteiger partial charge >= 0.3 is 0 Å². The van der Waals surface area contributed by atoms with Crippen LogP contribution in [0, 0.1) is 13.8 Å². The van der Waals surface area contributed by atoms with Gasteiger partial charge in [0.2, 0.25) is 0 Å². The Kier molecular flexibility index (Phi) is 4.96. The molecular weight excluding hydrogens is 292 g/mol. The third-order valence-corrected chi connectivity index (χ3v) is 3.65. The molecule has 0 aliphatic heterocycles. The topological polar surface area (TPSA) is 69.9 Å². The first-order valence-corrected chi connectivity index (χ1v) is 7.40. The summed E-state index contributed by atoms with van der Waals surface area (Å²) in [5, 5.41) is 29.6. The number of aryl methyl sites for hydroxylation is 2. The molecule has 0 saturated heterocycles. The second kappa shape index (κ2) is 6.75. The van der Waals surface area contributed by atoms with Gasteiger partial charge in [0.25, 0.3) is 0 Å². The summed E-state index contributed by atoms with van der Waals surface area (Å²) in [4.78, 5) is 0. The summed E-state index contributed by atoms with van der Waals surface area (Å²) in [7, 11) is 0. The van der Waals surface area contributed by atoms with Crippen molar-refractivity contribution in [3.8, 4) is 23.0 Å². The molecule has 2 rings (SSSR count). The van der Waals surface area contributed by atoms with Crippen LogP contribution in [0.1, 0.15) is 23.6 Å². The minimum atomic E-state index is -0.688. The van der Waals surface area contributed by atoms with Gasteiger partial charge in [0, 0.05) is 24.1 Å². The highest BCUT2D eigenvalue weighted by atomic mass is 16.5. The van der Waals surface area contributed by atoms with E-state index in [0.29, 0.717) is 23.5 Å². The highest BCUT2D eigenvalue weighted by Crippen LogP contribution is 2.34. The molecule has 23 heavy (non-hydrogen) atoms. The van der Waals surface area contributed by atoms with Crippen LogP contribution >= 0.6 is 0 Å². The molecule has 0 aromatic heterocycles. The molecule has 1 atom stereocenters. The Morgan fingerprint density at radius 1 is 1.09 bits per heavy atom. The summed E-state index contributed by atoms with van der Waals surface area (Å²) in [6.07, 6.45) is -0.347. The van der Waals surface area contributed by atoms with Gasteiger partial charge in [0.1, 0.15) is 23.0 Å². The molecule has 122 valence electrons. The number of aromatic hydroxyl groups is 2. The van der Waals surface area contributed by atoms with Gasteiger partial charge in [-0.15, -0.1) is 0 Å². The van der Waals surface area contributed by atoms with E-state index in [1.165, 1.54) is 12.1 Å². The fraction of sp³-hybridized carbons (Fsp3) is 0.263. The molecule has 0 aliphatic carbocycles. The quantitative estimate of drug-likeness (QED) is 0.730. The molecular formula is C19H22O4. The number of phenols is 2. The van der Waals surface area contributed by atoms with Crippen molar-refractivity contribution < 1.29 is 20.1 Å². The van der Waals surface area contributed by atoms with Gasteiger partial charge in [-0.2, -0.15) is 0 Å². The third-order valence-electron chi connectivity index (χ3n) is 3.65. The number of hydrogen-bond donors (Lipinski definition) is 3. The monoisotopic (exact) mass is 314 g/mol. The molecule has 0 heterocycles. The highest BCUT2D eigenvalue weighted by Gasteiger charge is 2.16. The van der Waals surface area contributed by atoms with E-state index in [1.54, 1.807) is 25.1 Å². The number of rotatable bonds is 5. The Bertz CT molecular complexity index is 714. The van der Waals surface area contributed by atoms with E-state index >= 15 is 0 Å². The zero-order valence-electron chi connectivity index (χ0n) is 13.6. The van der Waals surface area contributed by atoms with Crippen LogP contribution in [-0.2, 0) is 6.42 Å². The smallest absolute Gasteiger partial charge is 0.134 e. The van der Waals surface area contributed by atoms with Gasteiger partial charge in [-0.05, 0) is 50.1 Å². The van der Waals surface area contributed by atoms with Crippen LogP contribution in [0.3, 0.4) is 0 Å². The van der Waals surface area contributed by atoms with Gasteiger partial charge in [-0.25, -0.2) is 0 Å². The van der Waals surface area contributed by atoms with Crippen LogP contribution in [-0.4, -0.2) is 21.4 Å². The molecule has 3 N–H and O–H groups in total. The lowest BCUT2D eigenvalue weighted by Gasteiger charge is -2.18. The molecule has 0 fully saturated rings. The van der Waals surface area contributed by atoms with Crippen LogP contribution in [0.5, 0.6) is 23.0 Å². The lowest BCUT2D eigenvalue weighted by Crippen LogP contribution is -2.12. The Labute approximate surface area is 136 Å². The van der Waals surface area contributed by atoms with Crippen molar-refractivity contribution in [2.75, 3.05) is 0 Å². The third kappa shape index (κ3) is 4.27. The van der Waals surface area contributed by atoms with E-state index in [2.05, 4.69) is 6.58 Å². The van der Waals surface area contributed by atoms with Crippen molar-refractivity contribution in [1.29, 1.82) is 0 Å². The fourth-order valence-corrected chi connectivity index (χ4v) is 2.40. The van der Waals surface area contributed by atoms with Crippen molar-refractivity contribution in [3.05, 3.63) is 59.2 Å². The van der Waals surface area contributed by atoms with Gasteiger partial charge in [0.15, 0.2) is 0 Å². The Morgan fingerprint density at radius 2 is 1.74 bits per heavy atom. The number of aliphatic hydroxyl groups excluding tert-OH is 1. The average molecular weight is 314 g/mol. The maximum atomic E-state index is 10.1. The molecule has 1 unspecified atom stereocenters. The van der Waals surface area contributed by atoms with Crippen molar-refractivity contribution in [2.45, 2.75) is 33.3 Å². The summed E-state index contributed by atoms with van der Waals surface area (Å²) in [5.74, 6) is 1.12. The fourth-order valence-electron chi connectivity index (χ4n) is 2.40. The minimum Gasteiger partial charge on any atom is -0.508 e. The van der Waals surface area contributed by atoms with E-state index < -0.39 is 6.10 Å².